The average Bonchev–Trinajstić information content (AvgIpc) is 3.09. The monoisotopic (exact) mass is 308 g/mol. The predicted molar refractivity (Wildman–Crippen MR) is 92.8 cm³/mol. The number of carbonyl (C=O) groups is 1. The van der Waals surface area contributed by atoms with Crippen molar-refractivity contribution in [3.05, 3.63) is 60.2 Å². The number of fused-ring (bicyclic) bond motifs is 1. The Morgan fingerprint density at radius 3 is 2.87 bits per heavy atom. The molecule has 1 aromatic heterocycles. The fraction of sp³-hybridized carbons (Fsp3) is 0.222. The van der Waals surface area contributed by atoms with Crippen LogP contribution in [-0.2, 0) is 6.42 Å². The first kappa shape index (κ1) is 15.1. The van der Waals surface area contributed by atoms with Crippen LogP contribution in [0.3, 0.4) is 0 Å². The molecule has 0 spiro atoms. The van der Waals surface area contributed by atoms with Gasteiger partial charge in [0, 0.05) is 37.6 Å². The van der Waals surface area contributed by atoms with Crippen LogP contribution in [0.5, 0.6) is 0 Å². The van der Waals surface area contributed by atoms with Crippen molar-refractivity contribution < 1.29 is 4.79 Å². The topological polar surface area (TPSA) is 61.0 Å². The summed E-state index contributed by atoms with van der Waals surface area (Å²) in [4.78, 5) is 21.0. The summed E-state index contributed by atoms with van der Waals surface area (Å²) in [6, 6.07) is 12.3. The van der Waals surface area contributed by atoms with Crippen molar-refractivity contribution in [3.63, 3.8) is 0 Å². The summed E-state index contributed by atoms with van der Waals surface area (Å²) in [5, 5.41) is 5.01. The van der Waals surface area contributed by atoms with Gasteiger partial charge in [-0.05, 0) is 35.4 Å². The molecular formula is C18H20N4O. The van der Waals surface area contributed by atoms with Crippen LogP contribution >= 0.6 is 0 Å². The van der Waals surface area contributed by atoms with Gasteiger partial charge in [0.05, 0.1) is 6.33 Å². The normalized spacial score (nSPS) is 10.7. The predicted octanol–water partition coefficient (Wildman–Crippen LogP) is 3.32. The molecule has 0 saturated heterocycles. The van der Waals surface area contributed by atoms with Crippen molar-refractivity contribution >= 4 is 22.5 Å². The van der Waals surface area contributed by atoms with Crippen LogP contribution in [-0.4, -0.2) is 29.6 Å². The summed E-state index contributed by atoms with van der Waals surface area (Å²) < 4.78 is 0. The van der Waals surface area contributed by atoms with Gasteiger partial charge < -0.3 is 10.3 Å². The molecule has 0 unspecified atom stereocenters. The fourth-order valence-corrected chi connectivity index (χ4v) is 2.81. The van der Waals surface area contributed by atoms with Crippen molar-refractivity contribution in [3.8, 4) is 0 Å². The highest BCUT2D eigenvalue weighted by atomic mass is 16.2. The lowest BCUT2D eigenvalue weighted by molar-refractivity contribution is 0.248. The third-order valence-electron chi connectivity index (χ3n) is 3.98. The molecule has 0 radical (unpaired) electrons. The number of nitrogens with zero attached hydrogens (tertiary/aromatic N) is 2. The van der Waals surface area contributed by atoms with Gasteiger partial charge in [0.15, 0.2) is 0 Å². The molecule has 3 rings (SSSR count). The van der Waals surface area contributed by atoms with E-state index in [1.165, 1.54) is 10.9 Å². The molecule has 0 aliphatic rings. The van der Waals surface area contributed by atoms with Crippen molar-refractivity contribution in [2.75, 3.05) is 18.5 Å². The van der Waals surface area contributed by atoms with Crippen LogP contribution < -0.4 is 10.2 Å². The zero-order chi connectivity index (χ0) is 16.2. The van der Waals surface area contributed by atoms with E-state index in [0.717, 1.165) is 23.2 Å². The first-order valence-corrected chi connectivity index (χ1v) is 7.71. The van der Waals surface area contributed by atoms with Gasteiger partial charge in [-0.1, -0.05) is 24.3 Å². The molecule has 0 saturated carbocycles. The van der Waals surface area contributed by atoms with Crippen LogP contribution in [0.1, 0.15) is 18.2 Å². The number of H-pyrrole nitrogens is 1. The molecule has 23 heavy (non-hydrogen) atoms. The molecule has 2 aromatic carbocycles. The number of hydrogen-bond acceptors (Lipinski definition) is 2. The van der Waals surface area contributed by atoms with Crippen LogP contribution in [0, 0.1) is 0 Å². The summed E-state index contributed by atoms with van der Waals surface area (Å²) in [5.41, 5.74) is 3.18. The van der Waals surface area contributed by atoms with E-state index in [2.05, 4.69) is 45.6 Å². The minimum atomic E-state index is -0.0992. The molecule has 0 aliphatic heterocycles. The molecule has 0 atom stereocenters. The maximum atomic E-state index is 12.0. The van der Waals surface area contributed by atoms with E-state index >= 15 is 0 Å². The van der Waals surface area contributed by atoms with Gasteiger partial charge in [0.1, 0.15) is 0 Å². The van der Waals surface area contributed by atoms with Crippen LogP contribution in [0.4, 0.5) is 10.5 Å². The largest absolute Gasteiger partial charge is 0.348 e. The number of rotatable bonds is 4. The van der Waals surface area contributed by atoms with E-state index in [4.69, 9.17) is 0 Å². The van der Waals surface area contributed by atoms with Gasteiger partial charge in [0.2, 0.25) is 0 Å². The van der Waals surface area contributed by atoms with Gasteiger partial charge in [-0.25, -0.2) is 9.78 Å². The van der Waals surface area contributed by atoms with Crippen LogP contribution in [0.25, 0.3) is 10.8 Å². The van der Waals surface area contributed by atoms with Gasteiger partial charge in [-0.15, -0.1) is 0 Å². The Labute approximate surface area is 135 Å². The fourth-order valence-electron chi connectivity index (χ4n) is 2.81. The number of imidazole rings is 1. The molecule has 1 heterocycles. The Morgan fingerprint density at radius 2 is 2.17 bits per heavy atom. The number of anilines is 1. The average molecular weight is 308 g/mol. The minimum absolute atomic E-state index is 0.0992. The van der Waals surface area contributed by atoms with E-state index in [0.29, 0.717) is 6.54 Å². The van der Waals surface area contributed by atoms with Crippen molar-refractivity contribution in [2.24, 2.45) is 0 Å². The molecule has 2 amide bonds. The standard InChI is InChI=1S/C18H20N4O/c1-3-22(18(23)19-2)16-8-7-13-5-4-6-14(17(13)10-16)9-15-11-20-12-21-15/h4-8,10-12H,3,9H2,1-2H3,(H,19,23)(H,20,21). The second kappa shape index (κ2) is 6.52. The van der Waals surface area contributed by atoms with E-state index < -0.39 is 0 Å². The molecule has 0 fully saturated rings. The highest BCUT2D eigenvalue weighted by Crippen LogP contribution is 2.26. The second-order valence-electron chi connectivity index (χ2n) is 5.38. The smallest absolute Gasteiger partial charge is 0.321 e. The number of amides is 2. The van der Waals surface area contributed by atoms with E-state index in [-0.39, 0.29) is 6.03 Å². The highest BCUT2D eigenvalue weighted by Gasteiger charge is 2.13. The number of aromatic nitrogens is 2. The number of hydrogen-bond donors (Lipinski definition) is 2. The quantitative estimate of drug-likeness (QED) is 0.776. The summed E-state index contributed by atoms with van der Waals surface area (Å²) in [7, 11) is 1.65. The van der Waals surface area contributed by atoms with Gasteiger partial charge in [-0.2, -0.15) is 0 Å². The number of benzene rings is 2. The van der Waals surface area contributed by atoms with Crippen LogP contribution in [0.15, 0.2) is 48.9 Å². The molecule has 5 nitrogen and oxygen atoms in total. The number of nitrogens with one attached hydrogen (secondary N) is 2. The lowest BCUT2D eigenvalue weighted by atomic mass is 10.0. The molecule has 118 valence electrons. The molecule has 2 N–H and O–H groups in total. The first-order valence-electron chi connectivity index (χ1n) is 7.71. The summed E-state index contributed by atoms with van der Waals surface area (Å²) in [5.74, 6) is 0. The number of aromatic amines is 1. The number of urea groups is 1. The maximum Gasteiger partial charge on any atom is 0.321 e. The Balaban J connectivity index is 2.05. The van der Waals surface area contributed by atoms with Gasteiger partial charge in [0.25, 0.3) is 0 Å². The summed E-state index contributed by atoms with van der Waals surface area (Å²) in [6.45, 7) is 2.59. The summed E-state index contributed by atoms with van der Waals surface area (Å²) >= 11 is 0. The minimum Gasteiger partial charge on any atom is -0.348 e. The van der Waals surface area contributed by atoms with Crippen molar-refractivity contribution in [2.45, 2.75) is 13.3 Å². The SMILES string of the molecule is CCN(C(=O)NC)c1ccc2cccc(Cc3cnc[nH]3)c2c1. The molecule has 0 bridgehead atoms. The Kier molecular flexibility index (Phi) is 4.28. The van der Waals surface area contributed by atoms with E-state index in [9.17, 15) is 4.79 Å². The Morgan fingerprint density at radius 1 is 1.30 bits per heavy atom. The van der Waals surface area contributed by atoms with Gasteiger partial charge >= 0.3 is 6.03 Å². The molecule has 0 aliphatic carbocycles. The third kappa shape index (κ3) is 3.04. The van der Waals surface area contributed by atoms with E-state index in [1.807, 2.05) is 19.2 Å². The van der Waals surface area contributed by atoms with Crippen molar-refractivity contribution in [1.29, 1.82) is 0 Å². The third-order valence-corrected chi connectivity index (χ3v) is 3.98. The van der Waals surface area contributed by atoms with Crippen molar-refractivity contribution in [1.82, 2.24) is 15.3 Å². The maximum absolute atomic E-state index is 12.0. The Hall–Kier alpha value is -2.82. The first-order chi connectivity index (χ1) is 11.2. The highest BCUT2D eigenvalue weighted by molar-refractivity contribution is 5.96. The second-order valence-corrected chi connectivity index (χ2v) is 5.38. The van der Waals surface area contributed by atoms with E-state index in [1.54, 1.807) is 18.3 Å². The Bertz CT molecular complexity index is 811. The molecule has 5 heteroatoms. The summed E-state index contributed by atoms with van der Waals surface area (Å²) in [6.07, 6.45) is 4.31. The lowest BCUT2D eigenvalue weighted by Crippen LogP contribution is -2.37. The molecule has 3 aromatic rings. The zero-order valence-electron chi connectivity index (χ0n) is 13.3. The van der Waals surface area contributed by atoms with Gasteiger partial charge in [-0.3, -0.25) is 4.90 Å². The number of carbonyl (C=O) groups excluding carboxylic acids is 1. The van der Waals surface area contributed by atoms with Crippen LogP contribution in [0.2, 0.25) is 0 Å². The molecular weight excluding hydrogens is 288 g/mol. The lowest BCUT2D eigenvalue weighted by Gasteiger charge is -2.21. The zero-order valence-corrected chi connectivity index (χ0v) is 13.3.